The van der Waals surface area contributed by atoms with Crippen LogP contribution in [0.25, 0.3) is 16.5 Å². The van der Waals surface area contributed by atoms with Crippen LogP contribution in [0.1, 0.15) is 34.1 Å². The molecule has 4 rings (SSSR count). The molecule has 2 aromatic carbocycles. The predicted octanol–water partition coefficient (Wildman–Crippen LogP) is 3.87. The Morgan fingerprint density at radius 2 is 1.75 bits per heavy atom. The summed E-state index contributed by atoms with van der Waals surface area (Å²) >= 11 is 0. The van der Waals surface area contributed by atoms with Gasteiger partial charge in [-0.2, -0.15) is 0 Å². The van der Waals surface area contributed by atoms with Crippen molar-refractivity contribution in [3.8, 4) is 0 Å². The maximum absolute atomic E-state index is 13.2. The van der Waals surface area contributed by atoms with Crippen LogP contribution in [0.3, 0.4) is 0 Å². The number of nitrogens with one attached hydrogen (secondary N) is 1. The largest absolute Gasteiger partial charge is 0.479 e. The van der Waals surface area contributed by atoms with E-state index in [9.17, 15) is 19.5 Å². The fourth-order valence-electron chi connectivity index (χ4n) is 3.95. The molecular formula is C25H22N2O5. The highest BCUT2D eigenvalue weighted by Gasteiger charge is 2.40. The first-order valence-electron chi connectivity index (χ1n) is 10.0. The summed E-state index contributed by atoms with van der Waals surface area (Å²) in [6, 6.07) is 16.5. The maximum atomic E-state index is 13.2. The average Bonchev–Trinajstić information content (AvgIpc) is 3.19. The molecule has 1 aromatic heterocycles. The van der Waals surface area contributed by atoms with Gasteiger partial charge < -0.3 is 15.2 Å². The number of fused-ring (bicyclic) bond motifs is 1. The van der Waals surface area contributed by atoms with Gasteiger partial charge in [-0.15, -0.1) is 0 Å². The van der Waals surface area contributed by atoms with E-state index in [4.69, 9.17) is 4.74 Å². The van der Waals surface area contributed by atoms with Gasteiger partial charge in [0.05, 0.1) is 11.1 Å². The van der Waals surface area contributed by atoms with Gasteiger partial charge in [-0.25, -0.2) is 4.79 Å². The number of benzene rings is 2. The molecule has 7 heteroatoms. The Labute approximate surface area is 184 Å². The van der Waals surface area contributed by atoms with Gasteiger partial charge in [-0.3, -0.25) is 14.2 Å². The van der Waals surface area contributed by atoms with E-state index in [1.54, 1.807) is 30.3 Å². The molecule has 2 N–H and O–H groups in total. The molecule has 0 fully saturated rings. The first-order valence-corrected chi connectivity index (χ1v) is 10.0. The molecule has 3 aromatic rings. The molecule has 1 aliphatic carbocycles. The van der Waals surface area contributed by atoms with Crippen LogP contribution in [0.5, 0.6) is 0 Å². The minimum atomic E-state index is -1.62. The molecule has 0 saturated carbocycles. The summed E-state index contributed by atoms with van der Waals surface area (Å²) in [5.74, 6) is -1.82. The van der Waals surface area contributed by atoms with Crippen molar-refractivity contribution in [1.29, 1.82) is 0 Å². The second-order valence-electron chi connectivity index (χ2n) is 7.61. The van der Waals surface area contributed by atoms with Crippen LogP contribution in [0, 0.1) is 0 Å². The third-order valence-corrected chi connectivity index (χ3v) is 5.60. The number of amides is 1. The van der Waals surface area contributed by atoms with E-state index in [2.05, 4.69) is 5.32 Å². The third-order valence-electron chi connectivity index (χ3n) is 5.60. The number of para-hydroxylation sites is 1. The van der Waals surface area contributed by atoms with Gasteiger partial charge in [0.1, 0.15) is 0 Å². The fraction of sp³-hybridized carbons (Fsp3) is 0.160. The van der Waals surface area contributed by atoms with Crippen molar-refractivity contribution < 1.29 is 24.2 Å². The second-order valence-corrected chi connectivity index (χ2v) is 7.61. The van der Waals surface area contributed by atoms with Crippen molar-refractivity contribution in [2.45, 2.75) is 18.9 Å². The van der Waals surface area contributed by atoms with Crippen LogP contribution in [0.4, 0.5) is 0 Å². The molecule has 0 spiro atoms. The highest BCUT2D eigenvalue weighted by atomic mass is 16.5. The van der Waals surface area contributed by atoms with E-state index in [1.165, 1.54) is 30.9 Å². The third kappa shape index (κ3) is 3.74. The molecule has 0 saturated heterocycles. The molecule has 0 bridgehead atoms. The van der Waals surface area contributed by atoms with Crippen LogP contribution in [-0.2, 0) is 9.53 Å². The highest BCUT2D eigenvalue weighted by molar-refractivity contribution is 6.10. The lowest BCUT2D eigenvalue weighted by molar-refractivity contribution is -0.156. The van der Waals surface area contributed by atoms with Gasteiger partial charge >= 0.3 is 5.97 Å². The molecule has 1 atom stereocenters. The quantitative estimate of drug-likeness (QED) is 0.640. The zero-order valence-electron chi connectivity index (χ0n) is 17.7. The molecular weight excluding hydrogens is 408 g/mol. The van der Waals surface area contributed by atoms with Crippen molar-refractivity contribution >= 4 is 34.3 Å². The summed E-state index contributed by atoms with van der Waals surface area (Å²) in [5, 5.41) is 13.3. The van der Waals surface area contributed by atoms with E-state index < -0.39 is 17.5 Å². The van der Waals surface area contributed by atoms with Crippen molar-refractivity contribution in [3.05, 3.63) is 89.8 Å². The summed E-state index contributed by atoms with van der Waals surface area (Å²) in [7, 11) is 1.33. The Bertz CT molecular complexity index is 1290. The van der Waals surface area contributed by atoms with Gasteiger partial charge in [0, 0.05) is 37.7 Å². The maximum Gasteiger partial charge on any atom is 0.340 e. The number of ether oxygens (including phenoxy) is 1. The lowest BCUT2D eigenvalue weighted by atomic mass is 9.85. The van der Waals surface area contributed by atoms with Crippen molar-refractivity contribution in [1.82, 2.24) is 9.88 Å². The summed E-state index contributed by atoms with van der Waals surface area (Å²) < 4.78 is 6.82. The monoisotopic (exact) mass is 430 g/mol. The SMILES string of the molecule is COC1(C(=O)O)C=C(NC(=O)c2cn(C(C)=O)c3ccccc23)C=C(c2ccccc2)C1. The summed E-state index contributed by atoms with van der Waals surface area (Å²) in [5.41, 5.74) is 1.19. The number of nitrogens with zero attached hydrogens (tertiary/aromatic N) is 1. The Hall–Kier alpha value is -3.97. The smallest absolute Gasteiger partial charge is 0.340 e. The molecule has 162 valence electrons. The number of hydrogen-bond acceptors (Lipinski definition) is 4. The number of carboxylic acid groups (broad SMARTS) is 1. The van der Waals surface area contributed by atoms with E-state index in [0.717, 1.165) is 11.1 Å². The molecule has 32 heavy (non-hydrogen) atoms. The van der Waals surface area contributed by atoms with Gasteiger partial charge in [-0.05, 0) is 29.4 Å². The zero-order valence-corrected chi connectivity index (χ0v) is 17.7. The zero-order chi connectivity index (χ0) is 22.9. The highest BCUT2D eigenvalue weighted by Crippen LogP contribution is 2.35. The van der Waals surface area contributed by atoms with E-state index in [1.807, 2.05) is 30.3 Å². The van der Waals surface area contributed by atoms with Gasteiger partial charge in [0.15, 0.2) is 5.60 Å². The first kappa shape index (κ1) is 21.3. The minimum absolute atomic E-state index is 0.117. The standard InChI is InChI=1S/C25H22N2O5/c1-16(28)27-15-21(20-10-6-7-11-22(20)27)23(29)26-19-12-18(17-8-4-3-5-9-17)13-25(14-19,32-2)24(30)31/h3-12,14-15H,13H2,1-2H3,(H,26,29)(H,30,31). The van der Waals surface area contributed by atoms with Crippen molar-refractivity contribution in [2.24, 2.45) is 0 Å². The van der Waals surface area contributed by atoms with Crippen molar-refractivity contribution in [2.75, 3.05) is 7.11 Å². The van der Waals surface area contributed by atoms with E-state index >= 15 is 0 Å². The normalized spacial score (nSPS) is 18.1. The Morgan fingerprint density at radius 3 is 2.41 bits per heavy atom. The Morgan fingerprint density at radius 1 is 1.06 bits per heavy atom. The number of hydrogen-bond donors (Lipinski definition) is 2. The Kier molecular flexibility index (Phi) is 5.50. The lowest BCUT2D eigenvalue weighted by Gasteiger charge is -2.30. The summed E-state index contributed by atoms with van der Waals surface area (Å²) in [6.07, 6.45) is 4.77. The number of carbonyl (C=O) groups is 3. The summed E-state index contributed by atoms with van der Waals surface area (Å²) in [4.78, 5) is 37.3. The van der Waals surface area contributed by atoms with Crippen molar-refractivity contribution in [3.63, 3.8) is 0 Å². The minimum Gasteiger partial charge on any atom is -0.479 e. The number of rotatable bonds is 5. The fourth-order valence-corrected chi connectivity index (χ4v) is 3.95. The second kappa shape index (κ2) is 8.28. The molecule has 1 aliphatic rings. The molecule has 1 unspecified atom stereocenters. The number of aromatic nitrogens is 1. The van der Waals surface area contributed by atoms with Crippen LogP contribution in [-0.4, -0.2) is 40.2 Å². The van der Waals surface area contributed by atoms with Gasteiger partial charge in [0.25, 0.3) is 5.91 Å². The molecule has 1 heterocycles. The number of carbonyl (C=O) groups excluding carboxylic acids is 2. The first-order chi connectivity index (χ1) is 15.3. The van der Waals surface area contributed by atoms with E-state index in [0.29, 0.717) is 22.2 Å². The molecule has 0 aliphatic heterocycles. The molecule has 1 amide bonds. The topological polar surface area (TPSA) is 97.6 Å². The van der Waals surface area contributed by atoms with Crippen LogP contribution in [0.2, 0.25) is 0 Å². The molecule has 0 radical (unpaired) electrons. The predicted molar refractivity (Wildman–Crippen MR) is 120 cm³/mol. The number of methoxy groups -OCH3 is 1. The number of carboxylic acids is 1. The number of allylic oxidation sites excluding steroid dienone is 1. The Balaban J connectivity index is 1.76. The van der Waals surface area contributed by atoms with Crippen LogP contribution in [0.15, 0.2) is 78.6 Å². The molecule has 7 nitrogen and oxygen atoms in total. The van der Waals surface area contributed by atoms with E-state index in [-0.39, 0.29) is 12.3 Å². The van der Waals surface area contributed by atoms with Crippen LogP contribution < -0.4 is 5.32 Å². The summed E-state index contributed by atoms with van der Waals surface area (Å²) in [6.45, 7) is 1.42. The van der Waals surface area contributed by atoms with Gasteiger partial charge in [-0.1, -0.05) is 48.5 Å². The number of aliphatic carboxylic acids is 1. The average molecular weight is 430 g/mol. The lowest BCUT2D eigenvalue weighted by Crippen LogP contribution is -2.42. The van der Waals surface area contributed by atoms with Gasteiger partial charge in [0.2, 0.25) is 5.91 Å². The van der Waals surface area contributed by atoms with Crippen LogP contribution >= 0.6 is 0 Å².